The Balaban J connectivity index is 1.41. The van der Waals surface area contributed by atoms with Gasteiger partial charge in [-0.1, -0.05) is 60.7 Å². The fourth-order valence-corrected chi connectivity index (χ4v) is 4.24. The Bertz CT molecular complexity index is 1380. The first-order chi connectivity index (χ1) is 17.9. The summed E-state index contributed by atoms with van der Waals surface area (Å²) < 4.78 is 17.0. The second-order valence-electron chi connectivity index (χ2n) is 9.12. The van der Waals surface area contributed by atoms with Gasteiger partial charge in [0.1, 0.15) is 11.5 Å². The van der Waals surface area contributed by atoms with Crippen LogP contribution in [0.25, 0.3) is 10.8 Å². The SMILES string of the molecule is COC(=O)CCc1ccc(OCC[C@@H](C)Oc2cc3ccccc3cc2C(=O)c2ccccc2)cc1C. The zero-order valence-corrected chi connectivity index (χ0v) is 21.5. The Morgan fingerprint density at radius 1 is 0.865 bits per heavy atom. The molecule has 4 aromatic carbocycles. The molecule has 4 rings (SSSR count). The van der Waals surface area contributed by atoms with E-state index in [0.29, 0.717) is 42.7 Å². The molecule has 0 aromatic heterocycles. The van der Waals surface area contributed by atoms with Gasteiger partial charge in [0.25, 0.3) is 0 Å². The van der Waals surface area contributed by atoms with Gasteiger partial charge in [0.2, 0.25) is 0 Å². The van der Waals surface area contributed by atoms with Gasteiger partial charge in [-0.15, -0.1) is 0 Å². The van der Waals surface area contributed by atoms with Crippen molar-refractivity contribution < 1.29 is 23.8 Å². The maximum absolute atomic E-state index is 13.3. The number of benzene rings is 4. The van der Waals surface area contributed by atoms with Crippen LogP contribution in [0, 0.1) is 6.92 Å². The Hall–Kier alpha value is -4.12. The first-order valence-corrected chi connectivity index (χ1v) is 12.5. The lowest BCUT2D eigenvalue weighted by Gasteiger charge is -2.19. The topological polar surface area (TPSA) is 61.8 Å². The Kier molecular flexibility index (Phi) is 8.57. The van der Waals surface area contributed by atoms with Gasteiger partial charge in [-0.05, 0) is 66.4 Å². The quantitative estimate of drug-likeness (QED) is 0.170. The Labute approximate surface area is 218 Å². The number of fused-ring (bicyclic) bond motifs is 1. The average Bonchev–Trinajstić information content (AvgIpc) is 2.92. The highest BCUT2D eigenvalue weighted by Gasteiger charge is 2.18. The van der Waals surface area contributed by atoms with Crippen LogP contribution in [0.15, 0.2) is 84.9 Å². The smallest absolute Gasteiger partial charge is 0.305 e. The molecule has 0 radical (unpaired) electrons. The van der Waals surface area contributed by atoms with Crippen molar-refractivity contribution in [2.45, 2.75) is 39.2 Å². The van der Waals surface area contributed by atoms with E-state index in [1.54, 1.807) is 0 Å². The van der Waals surface area contributed by atoms with Crippen LogP contribution in [0.2, 0.25) is 0 Å². The van der Waals surface area contributed by atoms with Crippen LogP contribution in [-0.2, 0) is 16.0 Å². The molecule has 0 fully saturated rings. The molecule has 0 unspecified atom stereocenters. The molecule has 37 heavy (non-hydrogen) atoms. The summed E-state index contributed by atoms with van der Waals surface area (Å²) in [5.41, 5.74) is 3.35. The number of esters is 1. The summed E-state index contributed by atoms with van der Waals surface area (Å²) in [4.78, 5) is 24.7. The van der Waals surface area contributed by atoms with Crippen molar-refractivity contribution in [3.8, 4) is 11.5 Å². The number of rotatable bonds is 11. The highest BCUT2D eigenvalue weighted by molar-refractivity contribution is 6.12. The second-order valence-corrected chi connectivity index (χ2v) is 9.12. The molecule has 0 saturated carbocycles. The number of hydrogen-bond donors (Lipinski definition) is 0. The minimum Gasteiger partial charge on any atom is -0.493 e. The first-order valence-electron chi connectivity index (χ1n) is 12.5. The van der Waals surface area contributed by atoms with Crippen molar-refractivity contribution in [1.29, 1.82) is 0 Å². The van der Waals surface area contributed by atoms with Crippen molar-refractivity contribution in [3.63, 3.8) is 0 Å². The molecule has 0 amide bonds. The summed E-state index contributed by atoms with van der Waals surface area (Å²) in [5.74, 6) is 1.07. The minimum atomic E-state index is -0.214. The number of ketones is 1. The molecule has 0 aliphatic rings. The van der Waals surface area contributed by atoms with Crippen LogP contribution in [0.1, 0.15) is 46.8 Å². The number of carbonyl (C=O) groups is 2. The average molecular weight is 497 g/mol. The summed E-state index contributed by atoms with van der Waals surface area (Å²) in [6.07, 6.45) is 1.48. The Morgan fingerprint density at radius 3 is 2.27 bits per heavy atom. The fraction of sp³-hybridized carbons (Fsp3) is 0.250. The molecule has 0 heterocycles. The standard InChI is InChI=1S/C32H32O5/c1-22-19-28(15-13-24(22)14-16-31(33)35-3)36-18-17-23(2)37-30-21-27-12-8-7-11-26(27)20-29(30)32(34)25-9-5-4-6-10-25/h4-13,15,19-21,23H,14,16-18H2,1-3H3/t23-/m1/s1. The van der Waals surface area contributed by atoms with Crippen molar-refractivity contribution in [3.05, 3.63) is 107 Å². The third-order valence-electron chi connectivity index (χ3n) is 6.39. The molecule has 0 aliphatic carbocycles. The third kappa shape index (κ3) is 6.76. The summed E-state index contributed by atoms with van der Waals surface area (Å²) in [6, 6.07) is 27.0. The molecule has 0 spiro atoms. The molecular formula is C32H32O5. The molecule has 5 heteroatoms. The van der Waals surface area contributed by atoms with Gasteiger partial charge in [-0.2, -0.15) is 0 Å². The van der Waals surface area contributed by atoms with Gasteiger partial charge >= 0.3 is 5.97 Å². The fourth-order valence-electron chi connectivity index (χ4n) is 4.24. The summed E-state index contributed by atoms with van der Waals surface area (Å²) >= 11 is 0. The number of ether oxygens (including phenoxy) is 3. The van der Waals surface area contributed by atoms with Gasteiger partial charge in [0, 0.05) is 18.4 Å². The number of carbonyl (C=O) groups excluding carboxylic acids is 2. The summed E-state index contributed by atoms with van der Waals surface area (Å²) in [5, 5.41) is 2.02. The van der Waals surface area contributed by atoms with Crippen molar-refractivity contribution >= 4 is 22.5 Å². The number of hydrogen-bond acceptors (Lipinski definition) is 5. The normalized spacial score (nSPS) is 11.6. The van der Waals surface area contributed by atoms with Crippen LogP contribution < -0.4 is 9.47 Å². The van der Waals surface area contributed by atoms with Crippen LogP contribution in [0.4, 0.5) is 0 Å². The maximum Gasteiger partial charge on any atom is 0.305 e. The monoisotopic (exact) mass is 496 g/mol. The van der Waals surface area contributed by atoms with Crippen LogP contribution in [0.5, 0.6) is 11.5 Å². The second kappa shape index (κ2) is 12.2. The van der Waals surface area contributed by atoms with Gasteiger partial charge in [0.15, 0.2) is 5.78 Å². The molecule has 0 saturated heterocycles. The highest BCUT2D eigenvalue weighted by Crippen LogP contribution is 2.29. The van der Waals surface area contributed by atoms with E-state index in [4.69, 9.17) is 14.2 Å². The number of aryl methyl sites for hydroxylation is 2. The molecule has 0 N–H and O–H groups in total. The lowest BCUT2D eigenvalue weighted by atomic mass is 9.98. The van der Waals surface area contributed by atoms with Crippen LogP contribution in [-0.4, -0.2) is 31.6 Å². The van der Waals surface area contributed by atoms with Crippen molar-refractivity contribution in [2.75, 3.05) is 13.7 Å². The summed E-state index contributed by atoms with van der Waals surface area (Å²) in [6.45, 7) is 4.46. The highest BCUT2D eigenvalue weighted by atomic mass is 16.5. The third-order valence-corrected chi connectivity index (χ3v) is 6.39. The van der Waals surface area contributed by atoms with Crippen LogP contribution >= 0.6 is 0 Å². The maximum atomic E-state index is 13.3. The predicted molar refractivity (Wildman–Crippen MR) is 146 cm³/mol. The molecular weight excluding hydrogens is 464 g/mol. The lowest BCUT2D eigenvalue weighted by Crippen LogP contribution is -2.17. The zero-order chi connectivity index (χ0) is 26.2. The van der Waals surface area contributed by atoms with E-state index in [1.165, 1.54) is 7.11 Å². The van der Waals surface area contributed by atoms with Crippen molar-refractivity contribution in [2.24, 2.45) is 0 Å². The van der Waals surface area contributed by atoms with Crippen LogP contribution in [0.3, 0.4) is 0 Å². The van der Waals surface area contributed by atoms with Gasteiger partial charge < -0.3 is 14.2 Å². The summed E-state index contributed by atoms with van der Waals surface area (Å²) in [7, 11) is 1.40. The number of methoxy groups -OCH3 is 1. The van der Waals surface area contributed by atoms with Crippen molar-refractivity contribution in [1.82, 2.24) is 0 Å². The van der Waals surface area contributed by atoms with E-state index in [2.05, 4.69) is 0 Å². The molecule has 190 valence electrons. The van der Waals surface area contributed by atoms with Gasteiger partial charge in [0.05, 0.1) is 25.4 Å². The van der Waals surface area contributed by atoms with E-state index in [1.807, 2.05) is 98.8 Å². The Morgan fingerprint density at radius 2 is 1.57 bits per heavy atom. The largest absolute Gasteiger partial charge is 0.493 e. The van der Waals surface area contributed by atoms with E-state index in [0.717, 1.165) is 27.6 Å². The van der Waals surface area contributed by atoms with Gasteiger partial charge in [-0.3, -0.25) is 9.59 Å². The minimum absolute atomic E-state index is 0.0624. The first kappa shape index (κ1) is 26.0. The lowest BCUT2D eigenvalue weighted by molar-refractivity contribution is -0.140. The predicted octanol–water partition coefficient (Wildman–Crippen LogP) is 6.72. The molecule has 0 bridgehead atoms. The van der Waals surface area contributed by atoms with E-state index in [-0.39, 0.29) is 17.9 Å². The molecule has 0 aliphatic heterocycles. The van der Waals surface area contributed by atoms with Gasteiger partial charge in [-0.25, -0.2) is 0 Å². The molecule has 4 aromatic rings. The van der Waals surface area contributed by atoms with E-state index in [9.17, 15) is 9.59 Å². The zero-order valence-electron chi connectivity index (χ0n) is 21.5. The van der Waals surface area contributed by atoms with E-state index < -0.39 is 0 Å². The molecule has 1 atom stereocenters. The van der Waals surface area contributed by atoms with E-state index >= 15 is 0 Å². The molecule has 5 nitrogen and oxygen atoms in total.